The van der Waals surface area contributed by atoms with Gasteiger partial charge in [0.1, 0.15) is 0 Å². The molecule has 51 heavy (non-hydrogen) atoms. The van der Waals surface area contributed by atoms with Gasteiger partial charge in [0.15, 0.2) is 5.79 Å². The number of hydrogen-bond donors (Lipinski definition) is 0. The van der Waals surface area contributed by atoms with Crippen molar-refractivity contribution >= 4 is 0 Å². The van der Waals surface area contributed by atoms with Crippen LogP contribution in [0.3, 0.4) is 0 Å². The Balaban J connectivity index is 1.59. The fourth-order valence-electron chi connectivity index (χ4n) is 7.16. The molecule has 1 fully saturated rings. The van der Waals surface area contributed by atoms with Gasteiger partial charge in [-0.15, -0.1) is 0 Å². The molecular formula is C48H81NO2. The van der Waals surface area contributed by atoms with Crippen LogP contribution in [0.1, 0.15) is 206 Å². The fourth-order valence-corrected chi connectivity index (χ4v) is 7.16. The molecule has 1 saturated heterocycles. The number of nitrogens with zero attached hydrogens (tertiary/aromatic N) is 1. The minimum atomic E-state index is -0.335. The van der Waals surface area contributed by atoms with Gasteiger partial charge in [-0.05, 0) is 108 Å². The smallest absolute Gasteiger partial charge is 0.168 e. The van der Waals surface area contributed by atoms with Crippen LogP contribution in [0.4, 0.5) is 0 Å². The van der Waals surface area contributed by atoms with Crippen molar-refractivity contribution in [2.24, 2.45) is 0 Å². The Bertz CT molecular complexity index is 948. The molecule has 1 unspecified atom stereocenters. The summed E-state index contributed by atoms with van der Waals surface area (Å²) in [7, 11) is 0. The van der Waals surface area contributed by atoms with E-state index in [9.17, 15) is 0 Å². The number of hydrogen-bond acceptors (Lipinski definition) is 3. The number of rotatable bonds is 35. The SMILES string of the molecule is CCCCC/C=C\C/C=C\CCCCCCCCC1(CCCCCCCC/C=C\C/C=C\CCCCC)OCC(CCCCc2cccnc2)O1. The van der Waals surface area contributed by atoms with Crippen LogP contribution in [0.25, 0.3) is 0 Å². The Kier molecular flexibility index (Phi) is 30.0. The maximum Gasteiger partial charge on any atom is 0.168 e. The van der Waals surface area contributed by atoms with Crippen molar-refractivity contribution < 1.29 is 9.47 Å². The molecule has 2 rings (SSSR count). The van der Waals surface area contributed by atoms with Gasteiger partial charge in [0.2, 0.25) is 0 Å². The number of ether oxygens (including phenoxy) is 2. The molecule has 0 aliphatic carbocycles. The minimum absolute atomic E-state index is 0.258. The molecule has 0 radical (unpaired) electrons. The summed E-state index contributed by atoms with van der Waals surface area (Å²) in [6.45, 7) is 5.31. The van der Waals surface area contributed by atoms with Gasteiger partial charge in [0.25, 0.3) is 0 Å². The molecule has 1 aromatic rings. The highest BCUT2D eigenvalue weighted by molar-refractivity contribution is 5.08. The quantitative estimate of drug-likeness (QED) is 0.0521. The van der Waals surface area contributed by atoms with Crippen molar-refractivity contribution in [1.82, 2.24) is 4.98 Å². The molecular weight excluding hydrogens is 623 g/mol. The summed E-state index contributed by atoms with van der Waals surface area (Å²) < 4.78 is 13.4. The molecule has 0 bridgehead atoms. The third-order valence-corrected chi connectivity index (χ3v) is 10.4. The van der Waals surface area contributed by atoms with Gasteiger partial charge in [-0.2, -0.15) is 0 Å². The molecule has 3 heteroatoms. The molecule has 1 aliphatic rings. The Morgan fingerprint density at radius 1 is 0.588 bits per heavy atom. The Labute approximate surface area is 317 Å². The van der Waals surface area contributed by atoms with Crippen molar-refractivity contribution in [3.8, 4) is 0 Å². The lowest BCUT2D eigenvalue weighted by molar-refractivity contribution is -0.180. The van der Waals surface area contributed by atoms with Crippen LogP contribution < -0.4 is 0 Å². The van der Waals surface area contributed by atoms with Gasteiger partial charge < -0.3 is 9.47 Å². The van der Waals surface area contributed by atoms with E-state index in [2.05, 4.69) is 73.5 Å². The first-order valence-corrected chi connectivity index (χ1v) is 22.1. The zero-order chi connectivity index (χ0) is 36.2. The average Bonchev–Trinajstić information content (AvgIpc) is 3.56. The second kappa shape index (κ2) is 33.8. The Hall–Kier alpha value is -1.97. The molecule has 1 aromatic heterocycles. The topological polar surface area (TPSA) is 31.4 Å². The number of aryl methyl sites for hydroxylation is 1. The van der Waals surface area contributed by atoms with Crippen molar-refractivity contribution in [2.75, 3.05) is 6.61 Å². The highest BCUT2D eigenvalue weighted by Gasteiger charge is 2.40. The van der Waals surface area contributed by atoms with Crippen LogP contribution in [-0.2, 0) is 15.9 Å². The molecule has 0 amide bonds. The second-order valence-electron chi connectivity index (χ2n) is 15.2. The van der Waals surface area contributed by atoms with E-state index in [0.29, 0.717) is 0 Å². The molecule has 0 spiro atoms. The maximum atomic E-state index is 6.79. The van der Waals surface area contributed by atoms with E-state index >= 15 is 0 Å². The van der Waals surface area contributed by atoms with Crippen LogP contribution in [0.15, 0.2) is 73.1 Å². The van der Waals surface area contributed by atoms with Crippen molar-refractivity contribution in [2.45, 2.75) is 218 Å². The van der Waals surface area contributed by atoms with Crippen LogP contribution in [0.2, 0.25) is 0 Å². The molecule has 1 atom stereocenters. The molecule has 2 heterocycles. The summed E-state index contributed by atoms with van der Waals surface area (Å²) in [5.74, 6) is -0.335. The van der Waals surface area contributed by atoms with E-state index in [0.717, 1.165) is 45.1 Å². The molecule has 0 aromatic carbocycles. The third kappa shape index (κ3) is 26.4. The van der Waals surface area contributed by atoms with Crippen molar-refractivity contribution in [3.63, 3.8) is 0 Å². The lowest BCUT2D eigenvalue weighted by atomic mass is 9.98. The van der Waals surface area contributed by atoms with Crippen LogP contribution in [0, 0.1) is 0 Å². The molecule has 290 valence electrons. The monoisotopic (exact) mass is 704 g/mol. The fraction of sp³-hybridized carbons (Fsp3) is 0.729. The first kappa shape index (κ1) is 45.2. The number of aromatic nitrogens is 1. The van der Waals surface area contributed by atoms with Gasteiger partial charge in [-0.1, -0.05) is 152 Å². The van der Waals surface area contributed by atoms with Crippen LogP contribution >= 0.6 is 0 Å². The van der Waals surface area contributed by atoms with Crippen molar-refractivity contribution in [3.05, 3.63) is 78.7 Å². The predicted octanol–water partition coefficient (Wildman–Crippen LogP) is 15.3. The first-order chi connectivity index (χ1) is 25.3. The average molecular weight is 704 g/mol. The summed E-state index contributed by atoms with van der Waals surface area (Å²) in [6.07, 6.45) is 60.6. The number of allylic oxidation sites excluding steroid dienone is 8. The van der Waals surface area contributed by atoms with E-state index in [1.165, 1.54) is 160 Å². The van der Waals surface area contributed by atoms with Gasteiger partial charge in [0, 0.05) is 25.2 Å². The normalized spacial score (nSPS) is 16.2. The van der Waals surface area contributed by atoms with E-state index in [-0.39, 0.29) is 11.9 Å². The molecule has 0 saturated carbocycles. The Morgan fingerprint density at radius 3 is 1.57 bits per heavy atom. The van der Waals surface area contributed by atoms with Gasteiger partial charge in [-0.25, -0.2) is 0 Å². The minimum Gasteiger partial charge on any atom is -0.347 e. The largest absolute Gasteiger partial charge is 0.347 e. The lowest BCUT2D eigenvalue weighted by Crippen LogP contribution is -2.31. The maximum absolute atomic E-state index is 6.79. The zero-order valence-electron chi connectivity index (χ0n) is 33.7. The number of unbranched alkanes of at least 4 members (excludes halogenated alkanes) is 19. The summed E-state index contributed by atoms with van der Waals surface area (Å²) in [6, 6.07) is 4.23. The highest BCUT2D eigenvalue weighted by atomic mass is 16.7. The lowest BCUT2D eigenvalue weighted by Gasteiger charge is -2.28. The summed E-state index contributed by atoms with van der Waals surface area (Å²) >= 11 is 0. The van der Waals surface area contributed by atoms with Gasteiger partial charge in [-0.3, -0.25) is 4.98 Å². The van der Waals surface area contributed by atoms with E-state index in [4.69, 9.17) is 9.47 Å². The summed E-state index contributed by atoms with van der Waals surface area (Å²) in [5, 5.41) is 0. The van der Waals surface area contributed by atoms with Crippen LogP contribution in [-0.4, -0.2) is 23.5 Å². The molecule has 0 N–H and O–H groups in total. The molecule has 1 aliphatic heterocycles. The highest BCUT2D eigenvalue weighted by Crippen LogP contribution is 2.36. The van der Waals surface area contributed by atoms with Crippen molar-refractivity contribution in [1.29, 1.82) is 0 Å². The second-order valence-corrected chi connectivity index (χ2v) is 15.2. The predicted molar refractivity (Wildman–Crippen MR) is 223 cm³/mol. The zero-order valence-corrected chi connectivity index (χ0v) is 33.7. The van der Waals surface area contributed by atoms with Gasteiger partial charge in [0.05, 0.1) is 12.7 Å². The van der Waals surface area contributed by atoms with E-state index in [1.807, 2.05) is 18.5 Å². The van der Waals surface area contributed by atoms with E-state index < -0.39 is 0 Å². The van der Waals surface area contributed by atoms with Crippen LogP contribution in [0.5, 0.6) is 0 Å². The standard InChI is InChI=1S/C48H81NO2/c1-3-5-7-9-11-13-15-17-19-21-23-25-27-29-31-35-41-48(50-45-47(51-48)40-34-33-38-46-39-37-43-49-44-46)42-36-32-30-28-26-24-22-20-18-16-14-12-10-8-6-4-2/h11-14,17-20,37,39,43-44,47H,3-10,15-16,21-36,38,40-42,45H2,1-2H3/b13-11-,14-12-,19-17-,20-18-. The first-order valence-electron chi connectivity index (χ1n) is 22.1. The summed E-state index contributed by atoms with van der Waals surface area (Å²) in [4.78, 5) is 4.27. The third-order valence-electron chi connectivity index (χ3n) is 10.4. The van der Waals surface area contributed by atoms with Gasteiger partial charge >= 0.3 is 0 Å². The Morgan fingerprint density at radius 2 is 1.08 bits per heavy atom. The van der Waals surface area contributed by atoms with E-state index in [1.54, 1.807) is 0 Å². The summed E-state index contributed by atoms with van der Waals surface area (Å²) in [5.41, 5.74) is 1.34. The molecule has 3 nitrogen and oxygen atoms in total. The number of pyridine rings is 1.